The van der Waals surface area contributed by atoms with E-state index < -0.39 is 175 Å². The minimum atomic E-state index is -1.81. The summed E-state index contributed by atoms with van der Waals surface area (Å²) in [5.41, 5.74) is 22.4. The molecule has 1 rings (SSSR count). The fraction of sp³-hybridized carbons (Fsp3) is 0.642. The average Bonchev–Trinajstić information content (AvgIpc) is 3.39. The van der Waals surface area contributed by atoms with Crippen molar-refractivity contribution in [1.82, 2.24) is 47.9 Å². The molecule has 0 unspecified atom stereocenters. The van der Waals surface area contributed by atoms with Gasteiger partial charge < -0.3 is 81.0 Å². The van der Waals surface area contributed by atoms with Crippen molar-refractivity contribution in [1.29, 1.82) is 0 Å². The number of nitrogens with two attached hydrogens (primary N) is 4. The lowest BCUT2D eigenvalue weighted by Gasteiger charge is -2.29. The Morgan fingerprint density at radius 3 is 1.35 bits per heavy atom. The van der Waals surface area contributed by atoms with Gasteiger partial charge in [-0.15, -0.1) is 0 Å². The van der Waals surface area contributed by atoms with Crippen molar-refractivity contribution >= 4 is 76.9 Å². The zero-order chi connectivity index (χ0) is 61.8. The van der Waals surface area contributed by atoms with Crippen LogP contribution in [0.15, 0.2) is 30.3 Å². The highest BCUT2D eigenvalue weighted by atomic mass is 16.4. The molecule has 28 heteroatoms. The van der Waals surface area contributed by atoms with Crippen LogP contribution in [0.2, 0.25) is 0 Å². The van der Waals surface area contributed by atoms with Crippen LogP contribution in [-0.4, -0.2) is 154 Å². The van der Waals surface area contributed by atoms with Gasteiger partial charge in [0.1, 0.15) is 54.4 Å². The average molecular weight is 1150 g/mol. The van der Waals surface area contributed by atoms with Gasteiger partial charge in [0.2, 0.25) is 70.9 Å². The number of rotatable bonds is 38. The summed E-state index contributed by atoms with van der Waals surface area (Å²) >= 11 is 0. The van der Waals surface area contributed by atoms with Crippen LogP contribution in [0.3, 0.4) is 0 Å². The molecule has 1 aromatic carbocycles. The lowest BCUT2D eigenvalue weighted by atomic mass is 9.96. The second kappa shape index (κ2) is 35.8. The Hall–Kier alpha value is -7.75. The van der Waals surface area contributed by atoms with E-state index in [-0.39, 0.29) is 43.9 Å². The maximum Gasteiger partial charge on any atom is 0.326 e. The normalized spacial score (nSPS) is 15.6. The third-order valence-corrected chi connectivity index (χ3v) is 13.1. The Balaban J connectivity index is 3.51. The number of carbonyl (C=O) groups is 13. The SMILES string of the molecule is CC[C@H](C)[C@H](NC(=O)[C@H](C)NC(=O)[C@@H](N)CCC(N)=O)C(=O)N[C@@H](CCC(N)=O)C(=O)N[C@@H](CO)C(=O)N[C@@H](CC(C)C)C(=O)N[C@@H](Cc1ccccc1)C(=O)N[C@@H](CC(N)=O)C(=O)N[C@H](C(=O)N[C@@H](CC(C)C)C(=O)O)[C@@H](C)CC. The molecule has 12 atom stereocenters. The van der Waals surface area contributed by atoms with Crippen LogP contribution in [0.25, 0.3) is 0 Å². The van der Waals surface area contributed by atoms with Gasteiger partial charge >= 0.3 is 5.97 Å². The van der Waals surface area contributed by atoms with Crippen LogP contribution < -0.4 is 70.8 Å². The molecule has 0 heterocycles. The zero-order valence-electron chi connectivity index (χ0n) is 47.8. The third kappa shape index (κ3) is 26.4. The Morgan fingerprint density at radius 2 is 0.864 bits per heavy atom. The summed E-state index contributed by atoms with van der Waals surface area (Å²) in [4.78, 5) is 171. The number of aliphatic carboxylic acids is 1. The van der Waals surface area contributed by atoms with Crippen molar-refractivity contribution in [3.63, 3.8) is 0 Å². The van der Waals surface area contributed by atoms with Gasteiger partial charge in [-0.2, -0.15) is 0 Å². The molecule has 454 valence electrons. The monoisotopic (exact) mass is 1150 g/mol. The van der Waals surface area contributed by atoms with Crippen molar-refractivity contribution in [2.45, 2.75) is 187 Å². The standard InChI is InChI=1S/C53H87N13O15/c1-10-28(7)42(65-44(71)30(9)58-45(72)32(54)17-19-39(55)68)51(78)59-33(18-20-40(56)69)46(73)64-38(25-67)50(77)60-34(21-26(3)4)47(74)61-35(23-31-15-13-12-14-16-31)48(75)62-36(24-41(57)70)49(76)66-43(29(8)11-2)52(79)63-37(53(80)81)22-27(5)6/h12-16,26-30,32-38,42-43,67H,10-11,17-25,54H2,1-9H3,(H2,55,68)(H2,56,69)(H2,57,70)(H,58,72)(H,59,78)(H,60,77)(H,61,74)(H,62,75)(H,63,79)(H,64,73)(H,65,71)(H,66,76)(H,80,81)/t28-,29-,30-,32-,33-,34-,35-,36-,37-,38-,42-,43-/m0/s1. The summed E-state index contributed by atoms with van der Waals surface area (Å²) in [7, 11) is 0. The molecule has 0 aliphatic rings. The van der Waals surface area contributed by atoms with Crippen LogP contribution in [-0.2, 0) is 68.7 Å². The number of amides is 12. The van der Waals surface area contributed by atoms with E-state index >= 15 is 0 Å². The smallest absolute Gasteiger partial charge is 0.326 e. The van der Waals surface area contributed by atoms with Gasteiger partial charge in [-0.3, -0.25) is 57.5 Å². The van der Waals surface area contributed by atoms with Gasteiger partial charge in [-0.1, -0.05) is 98.6 Å². The Labute approximate surface area is 472 Å². The van der Waals surface area contributed by atoms with E-state index in [0.717, 1.165) is 0 Å². The topological polar surface area (TPSA) is 475 Å². The van der Waals surface area contributed by atoms with Gasteiger partial charge in [0.15, 0.2) is 0 Å². The van der Waals surface area contributed by atoms with Gasteiger partial charge in [0.05, 0.1) is 19.1 Å². The number of nitrogens with one attached hydrogen (secondary N) is 9. The maximum absolute atomic E-state index is 14.3. The molecule has 81 heavy (non-hydrogen) atoms. The third-order valence-electron chi connectivity index (χ3n) is 13.1. The number of aliphatic hydroxyl groups excluding tert-OH is 1. The zero-order valence-corrected chi connectivity index (χ0v) is 47.8. The van der Waals surface area contributed by atoms with Gasteiger partial charge in [0, 0.05) is 19.3 Å². The minimum absolute atomic E-state index is 0.0798. The minimum Gasteiger partial charge on any atom is -0.480 e. The highest BCUT2D eigenvalue weighted by molar-refractivity contribution is 5.99. The van der Waals surface area contributed by atoms with Crippen molar-refractivity contribution in [3.8, 4) is 0 Å². The number of aliphatic hydroxyl groups is 1. The lowest BCUT2D eigenvalue weighted by Crippen LogP contribution is -2.62. The van der Waals surface area contributed by atoms with E-state index in [1.54, 1.807) is 85.7 Å². The first-order valence-corrected chi connectivity index (χ1v) is 27.1. The molecule has 0 aromatic heterocycles. The number of hydrogen-bond acceptors (Lipinski definition) is 15. The number of carbonyl (C=O) groups excluding carboxylic acids is 12. The van der Waals surface area contributed by atoms with Crippen molar-refractivity contribution < 1.29 is 72.5 Å². The molecule has 1 aromatic rings. The summed E-state index contributed by atoms with van der Waals surface area (Å²) in [6.45, 7) is 13.9. The van der Waals surface area contributed by atoms with Gasteiger partial charge in [0.25, 0.3) is 0 Å². The number of hydrogen-bond donors (Lipinski definition) is 15. The molecule has 28 nitrogen and oxygen atoms in total. The van der Waals surface area contributed by atoms with E-state index in [0.29, 0.717) is 18.4 Å². The largest absolute Gasteiger partial charge is 0.480 e. The highest BCUT2D eigenvalue weighted by Gasteiger charge is 2.37. The van der Waals surface area contributed by atoms with Crippen LogP contribution in [0.1, 0.15) is 126 Å². The molecule has 0 spiro atoms. The van der Waals surface area contributed by atoms with Crippen molar-refractivity contribution in [2.75, 3.05) is 6.61 Å². The van der Waals surface area contributed by atoms with Crippen LogP contribution in [0.5, 0.6) is 0 Å². The lowest BCUT2D eigenvalue weighted by molar-refractivity contribution is -0.143. The summed E-state index contributed by atoms with van der Waals surface area (Å²) in [5.74, 6) is -14.0. The molecule has 0 saturated heterocycles. The molecule has 0 bridgehead atoms. The first-order valence-electron chi connectivity index (χ1n) is 27.1. The molecule has 0 aliphatic carbocycles. The van der Waals surface area contributed by atoms with Crippen LogP contribution >= 0.6 is 0 Å². The molecular formula is C53H87N13O15. The Bertz CT molecular complexity index is 2340. The number of primary amides is 3. The highest BCUT2D eigenvalue weighted by Crippen LogP contribution is 2.15. The first kappa shape index (κ1) is 71.3. The molecule has 12 amide bonds. The predicted octanol–water partition coefficient (Wildman–Crippen LogP) is -3.39. The van der Waals surface area contributed by atoms with E-state index in [1.807, 2.05) is 0 Å². The quantitative estimate of drug-likeness (QED) is 0.0307. The molecule has 0 radical (unpaired) electrons. The van der Waals surface area contributed by atoms with Gasteiger partial charge in [-0.25, -0.2) is 4.79 Å². The summed E-state index contributed by atoms with van der Waals surface area (Å²) in [6.07, 6.45) is -1.50. The fourth-order valence-electron chi connectivity index (χ4n) is 7.98. The fourth-order valence-corrected chi connectivity index (χ4v) is 7.98. The van der Waals surface area contributed by atoms with Crippen LogP contribution in [0.4, 0.5) is 0 Å². The van der Waals surface area contributed by atoms with Crippen molar-refractivity contribution in [2.24, 2.45) is 46.6 Å². The van der Waals surface area contributed by atoms with E-state index in [1.165, 1.54) is 6.92 Å². The van der Waals surface area contributed by atoms with E-state index in [9.17, 15) is 72.5 Å². The van der Waals surface area contributed by atoms with E-state index in [2.05, 4.69) is 47.9 Å². The summed E-state index contributed by atoms with van der Waals surface area (Å²) in [6, 6.07) is -6.23. The van der Waals surface area contributed by atoms with E-state index in [4.69, 9.17) is 22.9 Å². The number of benzene rings is 1. The molecule has 0 fully saturated rings. The second-order valence-electron chi connectivity index (χ2n) is 21.1. The predicted molar refractivity (Wildman–Crippen MR) is 294 cm³/mol. The summed E-state index contributed by atoms with van der Waals surface area (Å²) in [5, 5.41) is 42.4. The van der Waals surface area contributed by atoms with Crippen LogP contribution in [0, 0.1) is 23.7 Å². The maximum atomic E-state index is 14.3. The van der Waals surface area contributed by atoms with Crippen molar-refractivity contribution in [3.05, 3.63) is 35.9 Å². The summed E-state index contributed by atoms with van der Waals surface area (Å²) < 4.78 is 0. The molecule has 0 saturated carbocycles. The first-order chi connectivity index (χ1) is 37.8. The molecule has 0 aliphatic heterocycles. The number of carboxylic acid groups (broad SMARTS) is 1. The molecule has 19 N–H and O–H groups in total. The Morgan fingerprint density at radius 1 is 0.457 bits per heavy atom. The van der Waals surface area contributed by atoms with Gasteiger partial charge in [-0.05, 0) is 61.8 Å². The number of carboxylic acids is 1. The Kier molecular flexibility index (Phi) is 31.5. The molecular weight excluding hydrogens is 1060 g/mol. The second-order valence-corrected chi connectivity index (χ2v) is 21.1.